The normalized spacial score (nSPS) is 14.6. The number of benzene rings is 1. The monoisotopic (exact) mass is 247 g/mol. The van der Waals surface area contributed by atoms with Crippen LogP contribution in [0.3, 0.4) is 0 Å². The van der Waals surface area contributed by atoms with Crippen molar-refractivity contribution >= 4 is 11.7 Å². The molecule has 2 amide bonds. The molecule has 3 N–H and O–H groups in total. The smallest absolute Gasteiger partial charge is 0.319 e. The highest BCUT2D eigenvalue weighted by atomic mass is 16.2. The van der Waals surface area contributed by atoms with E-state index in [1.165, 1.54) is 5.56 Å². The summed E-state index contributed by atoms with van der Waals surface area (Å²) in [5, 5.41) is 9.13. The molecular weight excluding hydrogens is 226 g/mol. The molecule has 1 fully saturated rings. The molecule has 1 aromatic rings. The maximum absolute atomic E-state index is 11.6. The molecule has 0 aromatic heterocycles. The van der Waals surface area contributed by atoms with Gasteiger partial charge in [-0.15, -0.1) is 0 Å². The minimum absolute atomic E-state index is 0.105. The third-order valence-electron chi connectivity index (χ3n) is 2.81. The first-order valence-corrected chi connectivity index (χ1v) is 6.53. The maximum Gasteiger partial charge on any atom is 0.319 e. The van der Waals surface area contributed by atoms with Crippen LogP contribution in [0.25, 0.3) is 0 Å². The fourth-order valence-electron chi connectivity index (χ4n) is 1.66. The van der Waals surface area contributed by atoms with Crippen LogP contribution in [0.2, 0.25) is 0 Å². The van der Waals surface area contributed by atoms with Crippen LogP contribution in [0.5, 0.6) is 0 Å². The van der Waals surface area contributed by atoms with Crippen molar-refractivity contribution in [3.05, 3.63) is 29.8 Å². The molecule has 0 atom stereocenters. The van der Waals surface area contributed by atoms with Gasteiger partial charge in [0.05, 0.1) is 0 Å². The van der Waals surface area contributed by atoms with Crippen molar-refractivity contribution in [1.82, 2.24) is 10.6 Å². The largest absolute Gasteiger partial charge is 0.335 e. The Morgan fingerprint density at radius 2 is 2.17 bits per heavy atom. The predicted octanol–water partition coefficient (Wildman–Crippen LogP) is 2.47. The molecule has 0 bridgehead atoms. The van der Waals surface area contributed by atoms with Gasteiger partial charge in [-0.1, -0.05) is 26.0 Å². The van der Waals surface area contributed by atoms with Crippen molar-refractivity contribution in [2.24, 2.45) is 0 Å². The summed E-state index contributed by atoms with van der Waals surface area (Å²) in [6, 6.07) is 8.67. The fraction of sp³-hybridized carbons (Fsp3) is 0.500. The Labute approximate surface area is 108 Å². The van der Waals surface area contributed by atoms with Gasteiger partial charge in [-0.25, -0.2) is 4.79 Å². The number of nitrogens with one attached hydrogen (secondary N) is 3. The van der Waals surface area contributed by atoms with Crippen LogP contribution >= 0.6 is 0 Å². The first-order chi connectivity index (χ1) is 8.63. The van der Waals surface area contributed by atoms with E-state index in [0.29, 0.717) is 12.1 Å². The van der Waals surface area contributed by atoms with E-state index in [1.54, 1.807) is 0 Å². The second-order valence-corrected chi connectivity index (χ2v) is 5.11. The van der Waals surface area contributed by atoms with Crippen molar-refractivity contribution in [2.75, 3.05) is 5.32 Å². The third-order valence-corrected chi connectivity index (χ3v) is 2.81. The van der Waals surface area contributed by atoms with Crippen LogP contribution in [-0.4, -0.2) is 18.1 Å². The van der Waals surface area contributed by atoms with E-state index >= 15 is 0 Å². The van der Waals surface area contributed by atoms with Crippen molar-refractivity contribution in [3.8, 4) is 0 Å². The Kier molecular flexibility index (Phi) is 4.20. The van der Waals surface area contributed by atoms with Gasteiger partial charge < -0.3 is 16.0 Å². The van der Waals surface area contributed by atoms with E-state index in [9.17, 15) is 4.79 Å². The van der Waals surface area contributed by atoms with Gasteiger partial charge in [0, 0.05) is 24.3 Å². The lowest BCUT2D eigenvalue weighted by atomic mass is 10.2. The van der Waals surface area contributed by atoms with Gasteiger partial charge >= 0.3 is 6.03 Å². The summed E-state index contributed by atoms with van der Waals surface area (Å²) >= 11 is 0. The number of anilines is 1. The van der Waals surface area contributed by atoms with Crippen molar-refractivity contribution in [1.29, 1.82) is 0 Å². The minimum Gasteiger partial charge on any atom is -0.335 e. The molecule has 0 unspecified atom stereocenters. The van der Waals surface area contributed by atoms with Crippen molar-refractivity contribution in [2.45, 2.75) is 45.3 Å². The van der Waals surface area contributed by atoms with Crippen molar-refractivity contribution in [3.63, 3.8) is 0 Å². The summed E-state index contributed by atoms with van der Waals surface area (Å²) in [6.07, 6.45) is 2.21. The zero-order chi connectivity index (χ0) is 13.0. The standard InChI is InChI=1S/C14H21N3O/c1-10(2)15-9-11-4-3-5-13(8-11)17-14(18)16-12-6-7-12/h3-5,8,10,12,15H,6-7,9H2,1-2H3,(H2,16,17,18). The molecule has 1 aliphatic rings. The number of rotatable bonds is 5. The molecule has 0 aliphatic heterocycles. The molecule has 0 radical (unpaired) electrons. The van der Waals surface area contributed by atoms with Crippen LogP contribution in [0.1, 0.15) is 32.3 Å². The summed E-state index contributed by atoms with van der Waals surface area (Å²) in [5.74, 6) is 0. The van der Waals surface area contributed by atoms with Crippen LogP contribution in [-0.2, 0) is 6.54 Å². The zero-order valence-corrected chi connectivity index (χ0v) is 11.0. The SMILES string of the molecule is CC(C)NCc1cccc(NC(=O)NC2CC2)c1. The van der Waals surface area contributed by atoms with Gasteiger partial charge in [0.15, 0.2) is 0 Å². The average molecular weight is 247 g/mol. The Hall–Kier alpha value is -1.55. The quantitative estimate of drug-likeness (QED) is 0.748. The van der Waals surface area contributed by atoms with Crippen LogP contribution in [0, 0.1) is 0 Å². The molecule has 1 aliphatic carbocycles. The van der Waals surface area contributed by atoms with E-state index in [-0.39, 0.29) is 6.03 Å². The van der Waals surface area contributed by atoms with Crippen molar-refractivity contribution < 1.29 is 4.79 Å². The molecule has 0 saturated heterocycles. The van der Waals surface area contributed by atoms with E-state index in [0.717, 1.165) is 25.1 Å². The van der Waals surface area contributed by atoms with Gasteiger partial charge in [-0.3, -0.25) is 0 Å². The zero-order valence-electron chi connectivity index (χ0n) is 11.0. The van der Waals surface area contributed by atoms with E-state index < -0.39 is 0 Å². The van der Waals surface area contributed by atoms with E-state index in [1.807, 2.05) is 18.2 Å². The summed E-state index contributed by atoms with van der Waals surface area (Å²) in [6.45, 7) is 5.05. The average Bonchev–Trinajstić information content (AvgIpc) is 3.10. The molecule has 1 saturated carbocycles. The molecule has 2 rings (SSSR count). The second-order valence-electron chi connectivity index (χ2n) is 5.11. The maximum atomic E-state index is 11.6. The first kappa shape index (κ1) is 12.9. The summed E-state index contributed by atoms with van der Waals surface area (Å²) in [7, 11) is 0. The summed E-state index contributed by atoms with van der Waals surface area (Å²) < 4.78 is 0. The molecular formula is C14H21N3O. The molecule has 98 valence electrons. The summed E-state index contributed by atoms with van der Waals surface area (Å²) in [5.41, 5.74) is 2.02. The highest BCUT2D eigenvalue weighted by Crippen LogP contribution is 2.19. The number of carbonyl (C=O) groups excluding carboxylic acids is 1. The number of urea groups is 1. The predicted molar refractivity (Wildman–Crippen MR) is 73.6 cm³/mol. The molecule has 18 heavy (non-hydrogen) atoms. The molecule has 0 heterocycles. The Morgan fingerprint density at radius 3 is 2.83 bits per heavy atom. The minimum atomic E-state index is -0.105. The highest BCUT2D eigenvalue weighted by Gasteiger charge is 2.23. The van der Waals surface area contributed by atoms with Gasteiger partial charge in [-0.2, -0.15) is 0 Å². The van der Waals surface area contributed by atoms with Gasteiger partial charge in [0.1, 0.15) is 0 Å². The number of amides is 2. The number of hydrogen-bond donors (Lipinski definition) is 3. The number of carbonyl (C=O) groups is 1. The van der Waals surface area contributed by atoms with E-state index in [4.69, 9.17) is 0 Å². The van der Waals surface area contributed by atoms with Gasteiger partial charge in [0.2, 0.25) is 0 Å². The lowest BCUT2D eigenvalue weighted by Crippen LogP contribution is -2.30. The Balaban J connectivity index is 1.87. The third kappa shape index (κ3) is 4.37. The van der Waals surface area contributed by atoms with Gasteiger partial charge in [-0.05, 0) is 30.5 Å². The topological polar surface area (TPSA) is 53.2 Å². The fourth-order valence-corrected chi connectivity index (χ4v) is 1.66. The summed E-state index contributed by atoms with van der Waals surface area (Å²) in [4.78, 5) is 11.6. The van der Waals surface area contributed by atoms with Crippen LogP contribution < -0.4 is 16.0 Å². The number of hydrogen-bond acceptors (Lipinski definition) is 2. The molecule has 0 spiro atoms. The van der Waals surface area contributed by atoms with E-state index in [2.05, 4.69) is 35.9 Å². The Morgan fingerprint density at radius 1 is 1.39 bits per heavy atom. The Bertz CT molecular complexity index is 413. The van der Waals surface area contributed by atoms with Crippen LogP contribution in [0.4, 0.5) is 10.5 Å². The highest BCUT2D eigenvalue weighted by molar-refractivity contribution is 5.89. The lowest BCUT2D eigenvalue weighted by molar-refractivity contribution is 0.251. The van der Waals surface area contributed by atoms with Gasteiger partial charge in [0.25, 0.3) is 0 Å². The molecule has 4 heteroatoms. The van der Waals surface area contributed by atoms with Crippen LogP contribution in [0.15, 0.2) is 24.3 Å². The molecule has 1 aromatic carbocycles. The second kappa shape index (κ2) is 5.87. The molecule has 4 nitrogen and oxygen atoms in total. The first-order valence-electron chi connectivity index (χ1n) is 6.53. The lowest BCUT2D eigenvalue weighted by Gasteiger charge is -2.10.